The first kappa shape index (κ1) is 14.6. The van der Waals surface area contributed by atoms with Crippen LogP contribution < -0.4 is 5.32 Å². The largest absolute Gasteiger partial charge is 0.508 e. The van der Waals surface area contributed by atoms with Crippen molar-refractivity contribution in [3.8, 4) is 5.75 Å². The van der Waals surface area contributed by atoms with Gasteiger partial charge in [0, 0.05) is 19.7 Å². The number of phenols is 1. The number of hydrogen-bond donors (Lipinski definition) is 2. The van der Waals surface area contributed by atoms with E-state index in [4.69, 9.17) is 5.11 Å². The maximum Gasteiger partial charge on any atom is 0.287 e. The molecule has 0 aliphatic carbocycles. The summed E-state index contributed by atoms with van der Waals surface area (Å²) in [4.78, 5) is 22.1. The highest BCUT2D eigenvalue weighted by molar-refractivity contribution is 5.93. The zero-order valence-corrected chi connectivity index (χ0v) is 11.4. The normalized spacial score (nSPS) is 10.3. The van der Waals surface area contributed by atoms with Crippen LogP contribution in [0.25, 0.3) is 0 Å². The number of rotatable bonds is 5. The number of nitrogens with zero attached hydrogens (tertiary/aromatic N) is 2. The summed E-state index contributed by atoms with van der Waals surface area (Å²) in [6.45, 7) is 0.405. The average Bonchev–Trinajstić information content (AvgIpc) is 2.83. The molecule has 2 N–H and O–H groups in total. The second-order valence-electron chi connectivity index (χ2n) is 4.62. The number of hydrogen-bond acceptors (Lipinski definition) is 4. The van der Waals surface area contributed by atoms with Gasteiger partial charge in [-0.15, -0.1) is 0 Å². The van der Waals surface area contributed by atoms with Crippen molar-refractivity contribution in [3.63, 3.8) is 0 Å². The molecular weight excluding hydrogens is 274 g/mol. The summed E-state index contributed by atoms with van der Waals surface area (Å²) in [5, 5.41) is 22.5. The highest BCUT2D eigenvalue weighted by Gasteiger charge is 2.16. The quantitative estimate of drug-likeness (QED) is 0.645. The lowest BCUT2D eigenvalue weighted by molar-refractivity contribution is -0.384. The molecule has 0 saturated carbocycles. The Balaban J connectivity index is 1.92. The third-order valence-electron chi connectivity index (χ3n) is 3.07. The summed E-state index contributed by atoms with van der Waals surface area (Å²) in [5.41, 5.74) is 1.11. The van der Waals surface area contributed by atoms with Crippen molar-refractivity contribution in [2.24, 2.45) is 7.05 Å². The van der Waals surface area contributed by atoms with Crippen molar-refractivity contribution in [2.45, 2.75) is 6.42 Å². The predicted octanol–water partition coefficient (Wildman–Crippen LogP) is 1.61. The standard InChI is InChI=1S/C14H15N3O4/c1-16-9-11(17(20)21)8-13(16)14(19)15-7-6-10-2-4-12(18)5-3-10/h2-5,8-9,18H,6-7H2,1H3,(H,15,19). The molecule has 0 unspecified atom stereocenters. The zero-order chi connectivity index (χ0) is 15.4. The molecule has 1 aromatic carbocycles. The monoisotopic (exact) mass is 289 g/mol. The second-order valence-corrected chi connectivity index (χ2v) is 4.62. The molecular formula is C14H15N3O4. The molecule has 0 aliphatic heterocycles. The number of aromatic hydroxyl groups is 1. The Morgan fingerprint density at radius 3 is 2.62 bits per heavy atom. The maximum atomic E-state index is 12.0. The highest BCUT2D eigenvalue weighted by Crippen LogP contribution is 2.15. The van der Waals surface area contributed by atoms with E-state index in [1.807, 2.05) is 0 Å². The van der Waals surface area contributed by atoms with Crippen LogP contribution in [0.5, 0.6) is 5.75 Å². The van der Waals surface area contributed by atoms with Crippen LogP contribution in [0.15, 0.2) is 36.5 Å². The maximum absolute atomic E-state index is 12.0. The Bertz CT molecular complexity index is 661. The molecule has 0 aliphatic rings. The minimum absolute atomic E-state index is 0.110. The number of carbonyl (C=O) groups is 1. The van der Waals surface area contributed by atoms with Crippen molar-refractivity contribution in [1.29, 1.82) is 0 Å². The first-order chi connectivity index (χ1) is 9.97. The van der Waals surface area contributed by atoms with Gasteiger partial charge in [-0.1, -0.05) is 12.1 Å². The Morgan fingerprint density at radius 1 is 1.38 bits per heavy atom. The zero-order valence-electron chi connectivity index (χ0n) is 11.4. The lowest BCUT2D eigenvalue weighted by Gasteiger charge is -2.06. The summed E-state index contributed by atoms with van der Waals surface area (Å²) >= 11 is 0. The van der Waals surface area contributed by atoms with Gasteiger partial charge < -0.3 is 15.0 Å². The van der Waals surface area contributed by atoms with Crippen LogP contribution in [-0.2, 0) is 13.5 Å². The summed E-state index contributed by atoms with van der Waals surface area (Å²) in [5.74, 6) is -0.164. The summed E-state index contributed by atoms with van der Waals surface area (Å²) in [7, 11) is 1.59. The fourth-order valence-electron chi connectivity index (χ4n) is 1.95. The molecule has 0 atom stereocenters. The predicted molar refractivity (Wildman–Crippen MR) is 76.2 cm³/mol. The summed E-state index contributed by atoms with van der Waals surface area (Å²) in [6, 6.07) is 7.95. The van der Waals surface area contributed by atoms with Gasteiger partial charge in [-0.2, -0.15) is 0 Å². The van der Waals surface area contributed by atoms with Gasteiger partial charge >= 0.3 is 0 Å². The minimum Gasteiger partial charge on any atom is -0.508 e. The van der Waals surface area contributed by atoms with Crippen LogP contribution >= 0.6 is 0 Å². The van der Waals surface area contributed by atoms with Crippen molar-refractivity contribution in [3.05, 3.63) is 57.9 Å². The Hall–Kier alpha value is -2.83. The van der Waals surface area contributed by atoms with Crippen LogP contribution in [0.3, 0.4) is 0 Å². The summed E-state index contributed by atoms with van der Waals surface area (Å²) in [6.07, 6.45) is 1.91. The molecule has 1 heterocycles. The molecule has 21 heavy (non-hydrogen) atoms. The number of nitro groups is 1. The molecule has 1 aromatic heterocycles. The van der Waals surface area contributed by atoms with E-state index in [-0.39, 0.29) is 23.0 Å². The Kier molecular flexibility index (Phi) is 4.22. The van der Waals surface area contributed by atoms with Gasteiger partial charge in [0.2, 0.25) is 0 Å². The Morgan fingerprint density at radius 2 is 2.05 bits per heavy atom. The van der Waals surface area contributed by atoms with E-state index in [1.54, 1.807) is 31.3 Å². The van der Waals surface area contributed by atoms with E-state index in [1.165, 1.54) is 16.8 Å². The van der Waals surface area contributed by atoms with Crippen molar-refractivity contribution in [2.75, 3.05) is 6.54 Å². The summed E-state index contributed by atoms with van der Waals surface area (Å²) < 4.78 is 1.42. The van der Waals surface area contributed by atoms with Crippen molar-refractivity contribution in [1.82, 2.24) is 9.88 Å². The van der Waals surface area contributed by atoms with Gasteiger partial charge in [-0.3, -0.25) is 14.9 Å². The lowest BCUT2D eigenvalue weighted by Crippen LogP contribution is -2.27. The minimum atomic E-state index is -0.534. The van der Waals surface area contributed by atoms with Gasteiger partial charge in [0.05, 0.1) is 11.1 Å². The highest BCUT2D eigenvalue weighted by atomic mass is 16.6. The number of amides is 1. The first-order valence-electron chi connectivity index (χ1n) is 6.34. The second kappa shape index (κ2) is 6.08. The molecule has 0 saturated heterocycles. The topological polar surface area (TPSA) is 97.4 Å². The average molecular weight is 289 g/mol. The van der Waals surface area contributed by atoms with Crippen molar-refractivity contribution < 1.29 is 14.8 Å². The number of nitrogens with one attached hydrogen (secondary N) is 1. The first-order valence-corrected chi connectivity index (χ1v) is 6.34. The van der Waals surface area contributed by atoms with Crippen molar-refractivity contribution >= 4 is 11.6 Å². The van der Waals surface area contributed by atoms with E-state index in [9.17, 15) is 14.9 Å². The third-order valence-corrected chi connectivity index (χ3v) is 3.07. The van der Waals surface area contributed by atoms with E-state index in [2.05, 4.69) is 5.32 Å². The molecule has 2 aromatic rings. The molecule has 0 fully saturated rings. The van der Waals surface area contributed by atoms with E-state index < -0.39 is 4.92 Å². The van der Waals surface area contributed by atoms with Gasteiger partial charge in [-0.25, -0.2) is 0 Å². The van der Waals surface area contributed by atoms with Crippen LogP contribution in [0.4, 0.5) is 5.69 Å². The van der Waals surface area contributed by atoms with E-state index in [0.29, 0.717) is 13.0 Å². The van der Waals surface area contributed by atoms with Crippen LogP contribution in [0.2, 0.25) is 0 Å². The molecule has 0 spiro atoms. The van der Waals surface area contributed by atoms with E-state index >= 15 is 0 Å². The molecule has 0 radical (unpaired) electrons. The van der Waals surface area contributed by atoms with Crippen LogP contribution in [-0.4, -0.2) is 27.0 Å². The number of aryl methyl sites for hydroxylation is 1. The Labute approximate surface area is 121 Å². The molecule has 7 nitrogen and oxygen atoms in total. The van der Waals surface area contributed by atoms with Crippen LogP contribution in [0.1, 0.15) is 16.1 Å². The van der Waals surface area contributed by atoms with Gasteiger partial charge in [0.15, 0.2) is 0 Å². The molecule has 110 valence electrons. The van der Waals surface area contributed by atoms with Gasteiger partial charge in [0.25, 0.3) is 11.6 Å². The lowest BCUT2D eigenvalue weighted by atomic mass is 10.1. The molecule has 2 rings (SSSR count). The molecule has 0 bridgehead atoms. The SMILES string of the molecule is Cn1cc([N+](=O)[O-])cc1C(=O)NCCc1ccc(O)cc1. The molecule has 1 amide bonds. The van der Waals surface area contributed by atoms with Gasteiger partial charge in [-0.05, 0) is 24.1 Å². The molecule has 7 heteroatoms. The van der Waals surface area contributed by atoms with E-state index in [0.717, 1.165) is 5.56 Å². The number of phenolic OH excluding ortho intramolecular Hbond substituents is 1. The third kappa shape index (κ3) is 3.59. The van der Waals surface area contributed by atoms with Crippen LogP contribution in [0, 0.1) is 10.1 Å². The number of benzene rings is 1. The number of aromatic nitrogens is 1. The number of carbonyl (C=O) groups excluding carboxylic acids is 1. The fourth-order valence-corrected chi connectivity index (χ4v) is 1.95. The fraction of sp³-hybridized carbons (Fsp3) is 0.214. The smallest absolute Gasteiger partial charge is 0.287 e. The van der Waals surface area contributed by atoms with Gasteiger partial charge in [0.1, 0.15) is 11.4 Å².